The van der Waals surface area contributed by atoms with E-state index in [2.05, 4.69) is 5.32 Å². The van der Waals surface area contributed by atoms with Gasteiger partial charge >= 0.3 is 5.97 Å². The molecule has 0 bridgehead atoms. The quantitative estimate of drug-likeness (QED) is 0.633. The summed E-state index contributed by atoms with van der Waals surface area (Å²) in [7, 11) is 0. The largest absolute Gasteiger partial charge is 0.480 e. The normalized spacial score (nSPS) is 26.6. The maximum Gasteiger partial charge on any atom is 0.326 e. The predicted molar refractivity (Wildman–Crippen MR) is 61.4 cm³/mol. The molecule has 0 aromatic rings. The van der Waals surface area contributed by atoms with Crippen molar-refractivity contribution in [3.8, 4) is 0 Å². The highest BCUT2D eigenvalue weighted by Gasteiger charge is 2.42. The van der Waals surface area contributed by atoms with Crippen LogP contribution in [-0.2, 0) is 14.3 Å². The van der Waals surface area contributed by atoms with E-state index in [4.69, 9.17) is 15.6 Å². The summed E-state index contributed by atoms with van der Waals surface area (Å²) in [4.78, 5) is 23.1. The zero-order valence-electron chi connectivity index (χ0n) is 10.4. The molecule has 0 spiro atoms. The van der Waals surface area contributed by atoms with Crippen LogP contribution in [0.1, 0.15) is 27.2 Å². The molecule has 0 aromatic heterocycles. The highest BCUT2D eigenvalue weighted by molar-refractivity contribution is 5.90. The van der Waals surface area contributed by atoms with Crippen LogP contribution >= 0.6 is 0 Å². The Hall–Kier alpha value is -1.14. The lowest BCUT2D eigenvalue weighted by Crippen LogP contribution is -2.60. The Morgan fingerprint density at radius 3 is 2.41 bits per heavy atom. The molecule has 1 heterocycles. The SMILES string of the molecule is CC(C)(C)C(NC(=O)C1(N)CCOC1)C(=O)O. The van der Waals surface area contributed by atoms with E-state index in [1.165, 1.54) is 0 Å². The molecule has 1 rings (SSSR count). The number of carboxylic acid groups (broad SMARTS) is 1. The van der Waals surface area contributed by atoms with Crippen LogP contribution in [0.3, 0.4) is 0 Å². The van der Waals surface area contributed by atoms with Gasteiger partial charge in [-0.15, -0.1) is 0 Å². The smallest absolute Gasteiger partial charge is 0.326 e. The van der Waals surface area contributed by atoms with Gasteiger partial charge in [0.1, 0.15) is 11.6 Å². The molecule has 6 heteroatoms. The maximum atomic E-state index is 11.9. The first-order valence-electron chi connectivity index (χ1n) is 5.57. The number of amides is 1. The second-order valence-electron chi connectivity index (χ2n) is 5.57. The van der Waals surface area contributed by atoms with Crippen LogP contribution in [0.4, 0.5) is 0 Å². The van der Waals surface area contributed by atoms with E-state index in [0.29, 0.717) is 13.0 Å². The van der Waals surface area contributed by atoms with Crippen LogP contribution < -0.4 is 11.1 Å². The van der Waals surface area contributed by atoms with E-state index in [1.807, 2.05) is 0 Å². The monoisotopic (exact) mass is 244 g/mol. The summed E-state index contributed by atoms with van der Waals surface area (Å²) in [5.74, 6) is -1.52. The molecule has 17 heavy (non-hydrogen) atoms. The minimum atomic E-state index is -1.10. The first-order chi connectivity index (χ1) is 7.67. The number of rotatable bonds is 3. The zero-order chi connectivity index (χ0) is 13.3. The fraction of sp³-hybridized carbons (Fsp3) is 0.818. The molecule has 1 amide bonds. The Morgan fingerprint density at radius 1 is 1.47 bits per heavy atom. The van der Waals surface area contributed by atoms with Gasteiger partial charge in [-0.3, -0.25) is 4.79 Å². The van der Waals surface area contributed by atoms with Crippen molar-refractivity contribution in [2.75, 3.05) is 13.2 Å². The molecule has 6 nitrogen and oxygen atoms in total. The van der Waals surface area contributed by atoms with Gasteiger partial charge in [-0.25, -0.2) is 4.79 Å². The Kier molecular flexibility index (Phi) is 3.78. The number of nitrogens with one attached hydrogen (secondary N) is 1. The highest BCUT2D eigenvalue weighted by atomic mass is 16.5. The predicted octanol–water partition coefficient (Wildman–Crippen LogP) is -0.280. The van der Waals surface area contributed by atoms with Gasteiger partial charge in [-0.2, -0.15) is 0 Å². The standard InChI is InChI=1S/C11H20N2O4/c1-10(2,3)7(8(14)15)13-9(16)11(12)4-5-17-6-11/h7H,4-6,12H2,1-3H3,(H,13,16)(H,14,15). The van der Waals surface area contributed by atoms with Crippen molar-refractivity contribution in [2.45, 2.75) is 38.8 Å². The van der Waals surface area contributed by atoms with Crippen LogP contribution in [0.2, 0.25) is 0 Å². The molecule has 1 aliphatic rings. The Morgan fingerprint density at radius 2 is 2.06 bits per heavy atom. The number of hydrogen-bond donors (Lipinski definition) is 3. The summed E-state index contributed by atoms with van der Waals surface area (Å²) in [6, 6.07) is -0.962. The molecule has 4 N–H and O–H groups in total. The van der Waals surface area contributed by atoms with E-state index < -0.39 is 28.9 Å². The van der Waals surface area contributed by atoms with Crippen molar-refractivity contribution >= 4 is 11.9 Å². The van der Waals surface area contributed by atoms with E-state index in [-0.39, 0.29) is 6.61 Å². The lowest BCUT2D eigenvalue weighted by Gasteiger charge is -2.31. The number of hydrogen-bond acceptors (Lipinski definition) is 4. The molecular weight excluding hydrogens is 224 g/mol. The number of aliphatic carboxylic acids is 1. The second kappa shape index (κ2) is 4.62. The number of carbonyl (C=O) groups is 2. The molecule has 1 saturated heterocycles. The van der Waals surface area contributed by atoms with Gasteiger partial charge in [0.25, 0.3) is 0 Å². The van der Waals surface area contributed by atoms with E-state index >= 15 is 0 Å². The van der Waals surface area contributed by atoms with Gasteiger partial charge in [0.05, 0.1) is 6.61 Å². The molecule has 0 radical (unpaired) electrons. The van der Waals surface area contributed by atoms with Crippen molar-refractivity contribution in [1.29, 1.82) is 0 Å². The zero-order valence-corrected chi connectivity index (χ0v) is 10.4. The van der Waals surface area contributed by atoms with Gasteiger partial charge in [0.15, 0.2) is 0 Å². The van der Waals surface area contributed by atoms with E-state index in [0.717, 1.165) is 0 Å². The number of carbonyl (C=O) groups excluding carboxylic acids is 1. The van der Waals surface area contributed by atoms with E-state index in [9.17, 15) is 9.59 Å². The first kappa shape index (κ1) is 13.9. The number of carboxylic acids is 1. The van der Waals surface area contributed by atoms with Crippen molar-refractivity contribution < 1.29 is 19.4 Å². The van der Waals surface area contributed by atoms with Gasteiger partial charge < -0.3 is 20.9 Å². The third-order valence-electron chi connectivity index (χ3n) is 2.89. The van der Waals surface area contributed by atoms with Crippen molar-refractivity contribution in [3.63, 3.8) is 0 Å². The molecule has 98 valence electrons. The lowest BCUT2D eigenvalue weighted by atomic mass is 9.86. The Bertz CT molecular complexity index is 316. The van der Waals surface area contributed by atoms with Crippen molar-refractivity contribution in [2.24, 2.45) is 11.1 Å². The van der Waals surface area contributed by atoms with Crippen molar-refractivity contribution in [3.05, 3.63) is 0 Å². The summed E-state index contributed by atoms with van der Waals surface area (Å²) < 4.78 is 5.08. The van der Waals surface area contributed by atoms with Gasteiger partial charge in [0, 0.05) is 6.61 Å². The fourth-order valence-corrected chi connectivity index (χ4v) is 1.68. The molecular formula is C11H20N2O4. The maximum absolute atomic E-state index is 11.9. The van der Waals surface area contributed by atoms with Crippen LogP contribution in [0.25, 0.3) is 0 Å². The molecule has 0 saturated carbocycles. The summed E-state index contributed by atoms with van der Waals surface area (Å²) in [5, 5.41) is 11.6. The summed E-state index contributed by atoms with van der Waals surface area (Å²) in [5.41, 5.74) is 4.19. The third-order valence-corrected chi connectivity index (χ3v) is 2.89. The van der Waals surface area contributed by atoms with Crippen LogP contribution in [0.5, 0.6) is 0 Å². The molecule has 1 fully saturated rings. The minimum absolute atomic E-state index is 0.134. The summed E-state index contributed by atoms with van der Waals surface area (Å²) in [6.45, 7) is 5.81. The van der Waals surface area contributed by atoms with Crippen LogP contribution in [0, 0.1) is 5.41 Å². The summed E-state index contributed by atoms with van der Waals surface area (Å²) >= 11 is 0. The van der Waals surface area contributed by atoms with Crippen molar-refractivity contribution in [1.82, 2.24) is 5.32 Å². The highest BCUT2D eigenvalue weighted by Crippen LogP contribution is 2.22. The van der Waals surface area contributed by atoms with Gasteiger partial charge in [-0.1, -0.05) is 20.8 Å². The minimum Gasteiger partial charge on any atom is -0.480 e. The molecule has 0 aliphatic carbocycles. The Balaban J connectivity index is 2.75. The first-order valence-corrected chi connectivity index (χ1v) is 5.57. The molecule has 2 atom stereocenters. The van der Waals surface area contributed by atoms with Gasteiger partial charge in [0.2, 0.25) is 5.91 Å². The fourth-order valence-electron chi connectivity index (χ4n) is 1.68. The number of ether oxygens (including phenoxy) is 1. The third kappa shape index (κ3) is 3.17. The molecule has 2 unspecified atom stereocenters. The van der Waals surface area contributed by atoms with Gasteiger partial charge in [-0.05, 0) is 11.8 Å². The average molecular weight is 244 g/mol. The molecule has 1 aliphatic heterocycles. The number of nitrogens with two attached hydrogens (primary N) is 1. The van der Waals surface area contributed by atoms with Crippen LogP contribution in [0.15, 0.2) is 0 Å². The van der Waals surface area contributed by atoms with Crippen LogP contribution in [-0.4, -0.2) is 41.8 Å². The Labute approximate surface area is 101 Å². The molecule has 0 aromatic carbocycles. The average Bonchev–Trinajstić information content (AvgIpc) is 2.60. The lowest BCUT2D eigenvalue weighted by molar-refractivity contribution is -0.145. The second-order valence-corrected chi connectivity index (χ2v) is 5.57. The topological polar surface area (TPSA) is 102 Å². The summed E-state index contributed by atoms with van der Waals surface area (Å²) in [6.07, 6.45) is 0.412. The van der Waals surface area contributed by atoms with E-state index in [1.54, 1.807) is 20.8 Å².